The molecule has 0 aliphatic heterocycles. The molecule has 1 aliphatic rings. The van der Waals surface area contributed by atoms with Crippen LogP contribution in [0.2, 0.25) is 10.0 Å². The lowest BCUT2D eigenvalue weighted by atomic mass is 9.82. The molecule has 0 atom stereocenters. The van der Waals surface area contributed by atoms with Gasteiger partial charge in [-0.25, -0.2) is 0 Å². The largest absolute Gasteiger partial charge is 0.321 e. The Labute approximate surface area is 215 Å². The fourth-order valence-electron chi connectivity index (χ4n) is 4.10. The van der Waals surface area contributed by atoms with Gasteiger partial charge < -0.3 is 10.6 Å². The van der Waals surface area contributed by atoms with Gasteiger partial charge in [0.1, 0.15) is 0 Å². The Morgan fingerprint density at radius 1 is 0.500 bits per heavy atom. The lowest BCUT2D eigenvalue weighted by molar-refractivity contribution is 0.0978. The first kappa shape index (κ1) is 23.5. The smallest absolute Gasteiger partial charge is 0.255 e. The number of amides is 2. The summed E-state index contributed by atoms with van der Waals surface area (Å²) in [5, 5.41) is 5.53. The number of carbonyl (C=O) groups excluding carboxylic acids is 4. The average molecular weight is 515 g/mol. The molecule has 0 spiro atoms. The number of ketones is 2. The second kappa shape index (κ2) is 9.41. The lowest BCUT2D eigenvalue weighted by Gasteiger charge is -2.24. The normalized spacial score (nSPS) is 11.9. The molecule has 8 heteroatoms. The van der Waals surface area contributed by atoms with Crippen LogP contribution in [0.3, 0.4) is 0 Å². The molecule has 0 saturated heterocycles. The van der Waals surface area contributed by atoms with E-state index in [0.29, 0.717) is 11.1 Å². The van der Waals surface area contributed by atoms with E-state index in [0.717, 1.165) is 0 Å². The fraction of sp³-hybridized carbons (Fsp3) is 0. The molecule has 0 radical (unpaired) electrons. The molecule has 5 rings (SSSR count). The van der Waals surface area contributed by atoms with E-state index >= 15 is 0 Å². The number of hydrogen-bond acceptors (Lipinski definition) is 4. The van der Waals surface area contributed by atoms with Crippen molar-refractivity contribution in [2.75, 3.05) is 10.6 Å². The van der Waals surface area contributed by atoms with Crippen molar-refractivity contribution in [2.45, 2.75) is 0 Å². The van der Waals surface area contributed by atoms with Gasteiger partial charge in [0.2, 0.25) is 0 Å². The van der Waals surface area contributed by atoms with Crippen molar-refractivity contribution < 1.29 is 19.2 Å². The summed E-state index contributed by atoms with van der Waals surface area (Å²) >= 11 is 12.6. The van der Waals surface area contributed by atoms with E-state index in [4.69, 9.17) is 23.2 Å². The summed E-state index contributed by atoms with van der Waals surface area (Å²) in [7, 11) is 0. The van der Waals surface area contributed by atoms with Crippen LogP contribution in [0.5, 0.6) is 0 Å². The molecule has 36 heavy (non-hydrogen) atoms. The van der Waals surface area contributed by atoms with Crippen molar-refractivity contribution in [3.63, 3.8) is 0 Å². The van der Waals surface area contributed by atoms with Crippen LogP contribution in [-0.4, -0.2) is 23.4 Å². The Hall–Kier alpha value is -4.26. The number of rotatable bonds is 4. The summed E-state index contributed by atoms with van der Waals surface area (Å²) in [5.41, 5.74) is 0.686. The van der Waals surface area contributed by atoms with Crippen molar-refractivity contribution in [1.82, 2.24) is 0 Å². The van der Waals surface area contributed by atoms with E-state index in [-0.39, 0.29) is 43.7 Å². The van der Waals surface area contributed by atoms with Crippen molar-refractivity contribution in [3.8, 4) is 0 Å². The monoisotopic (exact) mass is 514 g/mol. The maximum absolute atomic E-state index is 13.7. The third-order valence-corrected chi connectivity index (χ3v) is 6.42. The fourth-order valence-corrected chi connectivity index (χ4v) is 4.58. The molecular formula is C28H16Cl2N2O4. The Morgan fingerprint density at radius 2 is 0.861 bits per heavy atom. The van der Waals surface area contributed by atoms with Gasteiger partial charge >= 0.3 is 0 Å². The van der Waals surface area contributed by atoms with Crippen LogP contribution in [0.1, 0.15) is 52.6 Å². The van der Waals surface area contributed by atoms with Crippen LogP contribution in [0.15, 0.2) is 84.9 Å². The minimum atomic E-state index is -0.591. The van der Waals surface area contributed by atoms with Gasteiger partial charge in [-0.05, 0) is 48.5 Å². The number of carbonyl (C=O) groups is 4. The highest BCUT2D eigenvalue weighted by atomic mass is 35.5. The maximum atomic E-state index is 13.7. The summed E-state index contributed by atoms with van der Waals surface area (Å²) in [5.74, 6) is -2.12. The molecule has 6 nitrogen and oxygen atoms in total. The van der Waals surface area contributed by atoms with Gasteiger partial charge in [-0.3, -0.25) is 19.2 Å². The molecule has 0 heterocycles. The van der Waals surface area contributed by atoms with Gasteiger partial charge in [0, 0.05) is 11.1 Å². The van der Waals surface area contributed by atoms with E-state index in [2.05, 4.69) is 10.6 Å². The number of anilines is 2. The summed E-state index contributed by atoms with van der Waals surface area (Å²) in [6.45, 7) is 0. The SMILES string of the molecule is O=C(Nc1ccc(NC(=O)c2ccccc2)c2c1C(=O)c1c(Cl)ccc(Cl)c1C2=O)c1ccccc1. The first-order chi connectivity index (χ1) is 17.4. The van der Waals surface area contributed by atoms with Crippen LogP contribution in [0.25, 0.3) is 0 Å². The zero-order valence-electron chi connectivity index (χ0n) is 18.5. The van der Waals surface area contributed by atoms with Gasteiger partial charge in [0.25, 0.3) is 11.8 Å². The van der Waals surface area contributed by atoms with Gasteiger partial charge in [-0.1, -0.05) is 59.6 Å². The second-order valence-electron chi connectivity index (χ2n) is 7.99. The standard InChI is InChI=1S/C28H16Cl2N2O4/c29-17-11-12-18(30)22-21(17)25(33)23-19(31-27(35)15-7-3-1-4-8-15)13-14-20(24(23)26(22)34)32-28(36)16-9-5-2-6-10-16/h1-14H,(H,31,35)(H,32,36). The molecule has 4 aromatic rings. The number of fused-ring (bicyclic) bond motifs is 2. The summed E-state index contributed by atoms with van der Waals surface area (Å²) in [6.07, 6.45) is 0. The van der Waals surface area contributed by atoms with Crippen molar-refractivity contribution in [1.29, 1.82) is 0 Å². The van der Waals surface area contributed by atoms with E-state index in [1.807, 2.05) is 0 Å². The maximum Gasteiger partial charge on any atom is 0.255 e. The predicted octanol–water partition coefficient (Wildman–Crippen LogP) is 6.27. The molecule has 2 N–H and O–H groups in total. The molecule has 176 valence electrons. The molecule has 0 aromatic heterocycles. The Balaban J connectivity index is 1.66. The van der Waals surface area contributed by atoms with Crippen molar-refractivity contribution >= 4 is 58.0 Å². The van der Waals surface area contributed by atoms with E-state index in [1.165, 1.54) is 24.3 Å². The highest BCUT2D eigenvalue weighted by molar-refractivity contribution is 6.44. The zero-order chi connectivity index (χ0) is 25.4. The Kier molecular flexibility index (Phi) is 6.14. The number of hydrogen-bond donors (Lipinski definition) is 2. The third-order valence-electron chi connectivity index (χ3n) is 5.79. The minimum absolute atomic E-state index is 0.0524. The number of benzene rings is 4. The van der Waals surface area contributed by atoms with Crippen molar-refractivity contribution in [3.05, 3.63) is 128 Å². The van der Waals surface area contributed by atoms with E-state index in [1.54, 1.807) is 60.7 Å². The van der Waals surface area contributed by atoms with Crippen LogP contribution < -0.4 is 10.6 Å². The highest BCUT2D eigenvalue weighted by Crippen LogP contribution is 2.41. The molecule has 4 aromatic carbocycles. The first-order valence-corrected chi connectivity index (χ1v) is 11.6. The topological polar surface area (TPSA) is 92.3 Å². The number of halogens is 2. The van der Waals surface area contributed by atoms with Gasteiger partial charge in [-0.2, -0.15) is 0 Å². The molecule has 0 unspecified atom stereocenters. The molecular weight excluding hydrogens is 499 g/mol. The number of nitrogens with one attached hydrogen (secondary N) is 2. The van der Waals surface area contributed by atoms with Gasteiger partial charge in [0.15, 0.2) is 11.6 Å². The first-order valence-electron chi connectivity index (χ1n) is 10.8. The minimum Gasteiger partial charge on any atom is -0.321 e. The van der Waals surface area contributed by atoms with E-state index in [9.17, 15) is 19.2 Å². The van der Waals surface area contributed by atoms with Crippen LogP contribution in [0.4, 0.5) is 11.4 Å². The zero-order valence-corrected chi connectivity index (χ0v) is 20.0. The predicted molar refractivity (Wildman–Crippen MR) is 139 cm³/mol. The molecule has 2 amide bonds. The molecule has 0 bridgehead atoms. The average Bonchev–Trinajstić information content (AvgIpc) is 2.90. The second-order valence-corrected chi connectivity index (χ2v) is 8.80. The summed E-state index contributed by atoms with van der Waals surface area (Å²) < 4.78 is 0. The van der Waals surface area contributed by atoms with Crippen LogP contribution in [-0.2, 0) is 0 Å². The van der Waals surface area contributed by atoms with Gasteiger partial charge in [-0.15, -0.1) is 0 Å². The summed E-state index contributed by atoms with van der Waals surface area (Å²) in [4.78, 5) is 53.2. The lowest BCUT2D eigenvalue weighted by Crippen LogP contribution is -2.27. The molecule has 0 fully saturated rings. The molecule has 0 saturated carbocycles. The van der Waals surface area contributed by atoms with Crippen LogP contribution in [0, 0.1) is 0 Å². The third kappa shape index (κ3) is 4.06. The van der Waals surface area contributed by atoms with Gasteiger partial charge in [0.05, 0.1) is 43.7 Å². The quantitative estimate of drug-likeness (QED) is 0.295. The molecule has 1 aliphatic carbocycles. The summed E-state index contributed by atoms with van der Waals surface area (Å²) in [6, 6.07) is 22.7. The highest BCUT2D eigenvalue weighted by Gasteiger charge is 2.37. The van der Waals surface area contributed by atoms with Crippen LogP contribution >= 0.6 is 23.2 Å². The Morgan fingerprint density at radius 3 is 1.22 bits per heavy atom. The Bertz CT molecular complexity index is 1450. The van der Waals surface area contributed by atoms with E-state index < -0.39 is 23.4 Å². The van der Waals surface area contributed by atoms with Crippen molar-refractivity contribution in [2.24, 2.45) is 0 Å².